The molecule has 17 heavy (non-hydrogen) atoms. The van der Waals surface area contributed by atoms with Gasteiger partial charge in [-0.1, -0.05) is 0 Å². The van der Waals surface area contributed by atoms with Gasteiger partial charge < -0.3 is 20.6 Å². The molecule has 5 heteroatoms. The lowest BCUT2D eigenvalue weighted by atomic mass is 10.1. The molecule has 0 aromatic heterocycles. The Balaban J connectivity index is 2.54. The van der Waals surface area contributed by atoms with Crippen LogP contribution in [0.2, 0.25) is 0 Å². The molecule has 5 nitrogen and oxygen atoms in total. The van der Waals surface area contributed by atoms with Crippen molar-refractivity contribution >= 4 is 5.91 Å². The molecule has 1 saturated heterocycles. The molecule has 0 aromatic rings. The molecule has 1 heterocycles. The Hall–Kier alpha value is -0.650. The van der Waals surface area contributed by atoms with Gasteiger partial charge in [0.2, 0.25) is 5.91 Å². The first-order valence-corrected chi connectivity index (χ1v) is 6.31. The molecule has 2 unspecified atom stereocenters. The van der Waals surface area contributed by atoms with Gasteiger partial charge in [-0.2, -0.15) is 0 Å². The van der Waals surface area contributed by atoms with Crippen LogP contribution >= 0.6 is 0 Å². The van der Waals surface area contributed by atoms with Crippen LogP contribution in [0.5, 0.6) is 0 Å². The van der Waals surface area contributed by atoms with Gasteiger partial charge >= 0.3 is 0 Å². The van der Waals surface area contributed by atoms with Crippen LogP contribution in [0.25, 0.3) is 0 Å². The van der Waals surface area contributed by atoms with Crippen molar-refractivity contribution in [2.45, 2.75) is 45.4 Å². The summed E-state index contributed by atoms with van der Waals surface area (Å²) in [5.74, 6) is 0.0639. The molecule has 0 bridgehead atoms. The minimum atomic E-state index is -0.846. The highest BCUT2D eigenvalue weighted by molar-refractivity contribution is 5.82. The fourth-order valence-corrected chi connectivity index (χ4v) is 1.99. The summed E-state index contributed by atoms with van der Waals surface area (Å²) in [5.41, 5.74) is -0.846. The van der Waals surface area contributed by atoms with E-state index in [4.69, 9.17) is 0 Å². The second-order valence-electron chi connectivity index (χ2n) is 5.43. The van der Waals surface area contributed by atoms with Crippen molar-refractivity contribution in [3.8, 4) is 0 Å². The third kappa shape index (κ3) is 4.61. The highest BCUT2D eigenvalue weighted by Crippen LogP contribution is 2.07. The summed E-state index contributed by atoms with van der Waals surface area (Å²) in [6, 6.07) is 0.233. The smallest absolute Gasteiger partial charge is 0.241 e. The summed E-state index contributed by atoms with van der Waals surface area (Å²) in [6.07, 6.45) is 0. The van der Waals surface area contributed by atoms with Crippen molar-refractivity contribution in [1.82, 2.24) is 15.5 Å². The molecule has 1 amide bonds. The summed E-state index contributed by atoms with van der Waals surface area (Å²) in [5, 5.41) is 16.3. The Morgan fingerprint density at radius 1 is 1.41 bits per heavy atom. The van der Waals surface area contributed by atoms with Gasteiger partial charge in [-0.15, -0.1) is 0 Å². The minimum Gasteiger partial charge on any atom is -0.389 e. The Morgan fingerprint density at radius 2 is 2.06 bits per heavy atom. The van der Waals surface area contributed by atoms with Crippen molar-refractivity contribution in [2.24, 2.45) is 0 Å². The predicted octanol–water partition coefficient (Wildman–Crippen LogP) is -0.444. The Labute approximate surface area is 104 Å². The second-order valence-corrected chi connectivity index (χ2v) is 5.43. The standard InChI is InChI=1S/C12H25N3O2/c1-5-15(8-12(3,4)17)11(16)10-7-13-9(2)6-14-10/h9-10,13-14,17H,5-8H2,1-4H3. The lowest BCUT2D eigenvalue weighted by molar-refractivity contribution is -0.136. The molecular formula is C12H25N3O2. The summed E-state index contributed by atoms with van der Waals surface area (Å²) < 4.78 is 0. The predicted molar refractivity (Wildman–Crippen MR) is 67.8 cm³/mol. The Kier molecular flexibility index (Phi) is 4.91. The van der Waals surface area contributed by atoms with Crippen molar-refractivity contribution < 1.29 is 9.90 Å². The molecule has 0 radical (unpaired) electrons. The van der Waals surface area contributed by atoms with Gasteiger partial charge in [0.1, 0.15) is 0 Å². The monoisotopic (exact) mass is 243 g/mol. The maximum absolute atomic E-state index is 12.2. The molecule has 1 aliphatic rings. The molecule has 0 saturated carbocycles. The van der Waals surface area contributed by atoms with Gasteiger partial charge in [-0.05, 0) is 27.7 Å². The second kappa shape index (κ2) is 5.80. The molecule has 1 fully saturated rings. The zero-order chi connectivity index (χ0) is 13.1. The number of likely N-dealkylation sites (N-methyl/N-ethyl adjacent to an activating group) is 1. The molecule has 0 aliphatic carbocycles. The van der Waals surface area contributed by atoms with Gasteiger partial charge in [0, 0.05) is 32.2 Å². The number of nitrogens with one attached hydrogen (secondary N) is 2. The third-order valence-electron chi connectivity index (χ3n) is 2.91. The average molecular weight is 243 g/mol. The molecule has 1 rings (SSSR count). The van der Waals surface area contributed by atoms with Crippen LogP contribution in [-0.4, -0.2) is 59.8 Å². The topological polar surface area (TPSA) is 64.6 Å². The van der Waals surface area contributed by atoms with Gasteiger partial charge in [0.15, 0.2) is 0 Å². The average Bonchev–Trinajstić information content (AvgIpc) is 2.25. The number of piperazine rings is 1. The fourth-order valence-electron chi connectivity index (χ4n) is 1.99. The lowest BCUT2D eigenvalue weighted by Gasteiger charge is -2.34. The van der Waals surface area contributed by atoms with E-state index in [1.165, 1.54) is 0 Å². The Morgan fingerprint density at radius 3 is 2.47 bits per heavy atom. The number of amides is 1. The van der Waals surface area contributed by atoms with E-state index >= 15 is 0 Å². The quantitative estimate of drug-likeness (QED) is 0.626. The number of carbonyl (C=O) groups excluding carboxylic acids is 1. The maximum Gasteiger partial charge on any atom is 0.241 e. The number of hydrogen-bond donors (Lipinski definition) is 3. The van der Waals surface area contributed by atoms with Gasteiger partial charge in [-0.25, -0.2) is 0 Å². The van der Waals surface area contributed by atoms with Crippen LogP contribution in [0.1, 0.15) is 27.7 Å². The summed E-state index contributed by atoms with van der Waals surface area (Å²) >= 11 is 0. The lowest BCUT2D eigenvalue weighted by Crippen LogP contribution is -2.60. The zero-order valence-corrected chi connectivity index (χ0v) is 11.3. The van der Waals surface area contributed by atoms with Crippen LogP contribution < -0.4 is 10.6 Å². The summed E-state index contributed by atoms with van der Waals surface area (Å²) in [6.45, 7) is 9.91. The molecular weight excluding hydrogens is 218 g/mol. The van der Waals surface area contributed by atoms with Crippen LogP contribution in [0.4, 0.5) is 0 Å². The van der Waals surface area contributed by atoms with Crippen molar-refractivity contribution in [3.63, 3.8) is 0 Å². The van der Waals surface area contributed by atoms with E-state index in [-0.39, 0.29) is 11.9 Å². The van der Waals surface area contributed by atoms with Crippen LogP contribution in [0.15, 0.2) is 0 Å². The van der Waals surface area contributed by atoms with Crippen LogP contribution in [-0.2, 0) is 4.79 Å². The van der Waals surface area contributed by atoms with Gasteiger partial charge in [0.05, 0.1) is 11.6 Å². The largest absolute Gasteiger partial charge is 0.389 e. The molecule has 2 atom stereocenters. The van der Waals surface area contributed by atoms with E-state index in [0.29, 0.717) is 25.7 Å². The highest BCUT2D eigenvalue weighted by Gasteiger charge is 2.29. The number of carbonyl (C=O) groups is 1. The van der Waals surface area contributed by atoms with Gasteiger partial charge in [-0.3, -0.25) is 4.79 Å². The molecule has 0 spiro atoms. The zero-order valence-electron chi connectivity index (χ0n) is 11.3. The number of aliphatic hydroxyl groups is 1. The first-order chi connectivity index (χ1) is 7.83. The number of rotatable bonds is 4. The molecule has 1 aliphatic heterocycles. The maximum atomic E-state index is 12.2. The van der Waals surface area contributed by atoms with Crippen molar-refractivity contribution in [1.29, 1.82) is 0 Å². The fraction of sp³-hybridized carbons (Fsp3) is 0.917. The SMILES string of the molecule is CCN(CC(C)(C)O)C(=O)C1CNC(C)CN1. The normalized spacial score (nSPS) is 25.7. The summed E-state index contributed by atoms with van der Waals surface area (Å²) in [4.78, 5) is 13.9. The first kappa shape index (κ1) is 14.4. The van der Waals surface area contributed by atoms with E-state index < -0.39 is 5.60 Å². The highest BCUT2D eigenvalue weighted by atomic mass is 16.3. The number of nitrogens with zero attached hydrogens (tertiary/aromatic N) is 1. The van der Waals surface area contributed by atoms with Crippen molar-refractivity contribution in [3.05, 3.63) is 0 Å². The van der Waals surface area contributed by atoms with E-state index in [1.54, 1.807) is 18.7 Å². The minimum absolute atomic E-state index is 0.0639. The van der Waals surface area contributed by atoms with E-state index in [0.717, 1.165) is 6.54 Å². The van der Waals surface area contributed by atoms with E-state index in [9.17, 15) is 9.90 Å². The number of hydrogen-bond acceptors (Lipinski definition) is 4. The van der Waals surface area contributed by atoms with E-state index in [2.05, 4.69) is 17.6 Å². The van der Waals surface area contributed by atoms with Gasteiger partial charge in [0.25, 0.3) is 0 Å². The van der Waals surface area contributed by atoms with E-state index in [1.807, 2.05) is 6.92 Å². The molecule has 100 valence electrons. The van der Waals surface area contributed by atoms with Crippen LogP contribution in [0, 0.1) is 0 Å². The molecule has 0 aromatic carbocycles. The van der Waals surface area contributed by atoms with Crippen LogP contribution in [0.3, 0.4) is 0 Å². The Bertz CT molecular complexity index is 255. The van der Waals surface area contributed by atoms with Crippen molar-refractivity contribution in [2.75, 3.05) is 26.2 Å². The first-order valence-electron chi connectivity index (χ1n) is 6.31. The molecule has 3 N–H and O–H groups in total. The third-order valence-corrected chi connectivity index (χ3v) is 2.91. The summed E-state index contributed by atoms with van der Waals surface area (Å²) in [7, 11) is 0.